The molecule has 0 unspecified atom stereocenters. The molecule has 0 aromatic heterocycles. The number of nitrogens with zero attached hydrogens (tertiary/aromatic N) is 2. The van der Waals surface area contributed by atoms with E-state index in [-0.39, 0.29) is 11.9 Å². The number of carbonyl (C=O) groups excluding carboxylic acids is 1. The molecule has 2 aliphatic rings. The molecular weight excluding hydrogens is 284 g/mol. The largest absolute Gasteiger partial charge is 0.347 e. The van der Waals surface area contributed by atoms with Gasteiger partial charge in [-0.2, -0.15) is 0 Å². The fourth-order valence-electron chi connectivity index (χ4n) is 4.02. The minimum atomic E-state index is 0.0422. The van der Waals surface area contributed by atoms with Crippen molar-refractivity contribution < 1.29 is 4.79 Å². The van der Waals surface area contributed by atoms with Crippen LogP contribution >= 0.6 is 11.6 Å². The first kappa shape index (κ1) is 14.9. The summed E-state index contributed by atoms with van der Waals surface area (Å²) in [6.45, 7) is 3.27. The molecule has 3 nitrogen and oxygen atoms in total. The van der Waals surface area contributed by atoms with Crippen LogP contribution in [0.5, 0.6) is 0 Å². The smallest absolute Gasteiger partial charge is 0.239 e. The van der Waals surface area contributed by atoms with E-state index in [9.17, 15) is 4.79 Å². The fraction of sp³-hybridized carbons (Fsp3) is 0.588. The van der Waals surface area contributed by atoms with Gasteiger partial charge in [0, 0.05) is 25.2 Å². The molecule has 114 valence electrons. The number of amides is 1. The van der Waals surface area contributed by atoms with E-state index in [1.54, 1.807) is 4.90 Å². The second kappa shape index (κ2) is 5.62. The number of likely N-dealkylation sites (tertiary alicyclic amines) is 1. The number of benzene rings is 1. The molecule has 1 aromatic carbocycles. The van der Waals surface area contributed by atoms with Gasteiger partial charge in [0.15, 0.2) is 0 Å². The van der Waals surface area contributed by atoms with Crippen LogP contribution < -0.4 is 0 Å². The predicted octanol–water partition coefficient (Wildman–Crippen LogP) is 2.92. The van der Waals surface area contributed by atoms with Crippen LogP contribution in [0.1, 0.15) is 36.8 Å². The van der Waals surface area contributed by atoms with Crippen molar-refractivity contribution in [3.8, 4) is 0 Å². The average Bonchev–Trinajstić information content (AvgIpc) is 3.03. The Morgan fingerprint density at radius 3 is 2.81 bits per heavy atom. The Morgan fingerprint density at radius 2 is 2.14 bits per heavy atom. The van der Waals surface area contributed by atoms with Crippen LogP contribution in [0.3, 0.4) is 0 Å². The van der Waals surface area contributed by atoms with Gasteiger partial charge in [0.2, 0.25) is 5.91 Å². The Hall–Kier alpha value is -1.06. The number of hydrogen-bond acceptors (Lipinski definition) is 2. The molecule has 3 rings (SSSR count). The molecule has 1 aliphatic carbocycles. The van der Waals surface area contributed by atoms with Crippen molar-refractivity contribution in [2.75, 3.05) is 20.6 Å². The normalized spacial score (nSPS) is 28.7. The molecule has 0 saturated carbocycles. The van der Waals surface area contributed by atoms with Crippen molar-refractivity contribution in [1.29, 1.82) is 0 Å². The van der Waals surface area contributed by atoms with Crippen LogP contribution in [0, 0.1) is 0 Å². The van der Waals surface area contributed by atoms with Crippen LogP contribution in [0.4, 0.5) is 0 Å². The minimum Gasteiger partial charge on any atom is -0.347 e. The lowest BCUT2D eigenvalue weighted by molar-refractivity contribution is -0.134. The molecule has 0 spiro atoms. The standard InChI is InChI=1S/C17H23ClN2O/c1-11-15(10-12-6-4-7-13(18)16(11)12)20-9-5-8-14(20)17(21)19(2)3/h4,6-7,11,14-15H,5,8-10H2,1-3H3/t11-,14-,15+/m0/s1. The van der Waals surface area contributed by atoms with E-state index >= 15 is 0 Å². The third-order valence-electron chi connectivity index (χ3n) is 5.05. The predicted molar refractivity (Wildman–Crippen MR) is 85.8 cm³/mol. The SMILES string of the molecule is C[C@@H]1c2c(Cl)cccc2C[C@H]1N1CCC[C@H]1C(=O)N(C)C. The van der Waals surface area contributed by atoms with Crippen LogP contribution in [-0.4, -0.2) is 48.4 Å². The number of fused-ring (bicyclic) bond motifs is 1. The highest BCUT2D eigenvalue weighted by Crippen LogP contribution is 2.42. The van der Waals surface area contributed by atoms with Crippen LogP contribution in [0.2, 0.25) is 5.02 Å². The first-order valence-electron chi connectivity index (χ1n) is 7.75. The van der Waals surface area contributed by atoms with E-state index < -0.39 is 0 Å². The average molecular weight is 307 g/mol. The second-order valence-corrected chi connectivity index (χ2v) is 6.91. The number of rotatable bonds is 2. The molecule has 0 N–H and O–H groups in total. The molecule has 1 aromatic rings. The molecule has 0 bridgehead atoms. The molecule has 21 heavy (non-hydrogen) atoms. The zero-order chi connectivity index (χ0) is 15.1. The van der Waals surface area contributed by atoms with Gasteiger partial charge in [-0.15, -0.1) is 0 Å². The number of halogens is 1. The van der Waals surface area contributed by atoms with Gasteiger partial charge < -0.3 is 4.90 Å². The van der Waals surface area contributed by atoms with Gasteiger partial charge in [-0.25, -0.2) is 0 Å². The molecule has 1 heterocycles. The van der Waals surface area contributed by atoms with Gasteiger partial charge in [-0.1, -0.05) is 30.7 Å². The van der Waals surface area contributed by atoms with Crippen molar-refractivity contribution in [3.05, 3.63) is 34.3 Å². The molecule has 1 amide bonds. The van der Waals surface area contributed by atoms with Gasteiger partial charge in [0.05, 0.1) is 6.04 Å². The van der Waals surface area contributed by atoms with Gasteiger partial charge in [0.25, 0.3) is 0 Å². The lowest BCUT2D eigenvalue weighted by Gasteiger charge is -2.33. The number of hydrogen-bond donors (Lipinski definition) is 0. The Morgan fingerprint density at radius 1 is 1.38 bits per heavy atom. The van der Waals surface area contributed by atoms with Crippen molar-refractivity contribution in [3.63, 3.8) is 0 Å². The van der Waals surface area contributed by atoms with E-state index in [0.717, 1.165) is 30.8 Å². The molecule has 3 atom stereocenters. The van der Waals surface area contributed by atoms with Crippen LogP contribution in [-0.2, 0) is 11.2 Å². The molecular formula is C17H23ClN2O. The van der Waals surface area contributed by atoms with Gasteiger partial charge in [0.1, 0.15) is 0 Å². The molecule has 4 heteroatoms. The Labute approximate surface area is 131 Å². The summed E-state index contributed by atoms with van der Waals surface area (Å²) in [5.74, 6) is 0.631. The first-order valence-corrected chi connectivity index (χ1v) is 8.12. The van der Waals surface area contributed by atoms with E-state index in [1.165, 1.54) is 11.1 Å². The van der Waals surface area contributed by atoms with E-state index in [0.29, 0.717) is 12.0 Å². The highest BCUT2D eigenvalue weighted by atomic mass is 35.5. The maximum absolute atomic E-state index is 12.4. The zero-order valence-electron chi connectivity index (χ0n) is 13.0. The maximum Gasteiger partial charge on any atom is 0.239 e. The highest BCUT2D eigenvalue weighted by molar-refractivity contribution is 6.31. The molecule has 1 fully saturated rings. The monoisotopic (exact) mass is 306 g/mol. The first-order chi connectivity index (χ1) is 10.0. The topological polar surface area (TPSA) is 23.6 Å². The summed E-state index contributed by atoms with van der Waals surface area (Å²) in [4.78, 5) is 16.6. The van der Waals surface area contributed by atoms with Gasteiger partial charge in [-0.3, -0.25) is 9.69 Å². The Balaban J connectivity index is 1.86. The summed E-state index contributed by atoms with van der Waals surface area (Å²) >= 11 is 6.39. The second-order valence-electron chi connectivity index (χ2n) is 6.50. The van der Waals surface area contributed by atoms with Crippen molar-refractivity contribution in [1.82, 2.24) is 9.80 Å². The lowest BCUT2D eigenvalue weighted by Crippen LogP contribution is -2.48. The van der Waals surface area contributed by atoms with Crippen molar-refractivity contribution in [2.45, 2.75) is 44.2 Å². The number of carbonyl (C=O) groups is 1. The quantitative estimate of drug-likeness (QED) is 0.839. The van der Waals surface area contributed by atoms with Crippen molar-refractivity contribution >= 4 is 17.5 Å². The Bertz CT molecular complexity index is 558. The van der Waals surface area contributed by atoms with Crippen molar-refractivity contribution in [2.24, 2.45) is 0 Å². The third-order valence-corrected chi connectivity index (χ3v) is 5.38. The zero-order valence-corrected chi connectivity index (χ0v) is 13.7. The summed E-state index contributed by atoms with van der Waals surface area (Å²) in [7, 11) is 3.70. The molecule has 0 radical (unpaired) electrons. The summed E-state index contributed by atoms with van der Waals surface area (Å²) in [6.07, 6.45) is 3.09. The summed E-state index contributed by atoms with van der Waals surface area (Å²) in [5.41, 5.74) is 2.63. The lowest BCUT2D eigenvalue weighted by atomic mass is 9.99. The fourth-order valence-corrected chi connectivity index (χ4v) is 4.38. The minimum absolute atomic E-state index is 0.0422. The van der Waals surface area contributed by atoms with Crippen LogP contribution in [0.15, 0.2) is 18.2 Å². The summed E-state index contributed by atoms with van der Waals surface area (Å²) in [5, 5.41) is 0.872. The maximum atomic E-state index is 12.4. The van der Waals surface area contributed by atoms with E-state index in [1.807, 2.05) is 26.2 Å². The van der Waals surface area contributed by atoms with E-state index in [4.69, 9.17) is 11.6 Å². The summed E-state index contributed by atoms with van der Waals surface area (Å²) < 4.78 is 0. The number of likely N-dealkylation sites (N-methyl/N-ethyl adjacent to an activating group) is 1. The van der Waals surface area contributed by atoms with Crippen LogP contribution in [0.25, 0.3) is 0 Å². The highest BCUT2D eigenvalue weighted by Gasteiger charge is 2.42. The molecule has 1 aliphatic heterocycles. The Kier molecular flexibility index (Phi) is 3.98. The van der Waals surface area contributed by atoms with E-state index in [2.05, 4.69) is 17.9 Å². The van der Waals surface area contributed by atoms with Gasteiger partial charge in [-0.05, 0) is 48.9 Å². The third kappa shape index (κ3) is 2.47. The summed E-state index contributed by atoms with van der Waals surface area (Å²) in [6, 6.07) is 6.63. The molecule has 1 saturated heterocycles. The van der Waals surface area contributed by atoms with Gasteiger partial charge >= 0.3 is 0 Å².